The van der Waals surface area contributed by atoms with Crippen molar-refractivity contribution < 1.29 is 4.74 Å². The predicted octanol–water partition coefficient (Wildman–Crippen LogP) is 6.89. The zero-order valence-electron chi connectivity index (χ0n) is 14.5. The van der Waals surface area contributed by atoms with Crippen LogP contribution in [0.2, 0.25) is 0 Å². The maximum Gasteiger partial charge on any atom is 0.118 e. The summed E-state index contributed by atoms with van der Waals surface area (Å²) in [7, 11) is 0. The molecule has 4 atom stereocenters. The summed E-state index contributed by atoms with van der Waals surface area (Å²) < 4.78 is 5.07. The predicted molar refractivity (Wildman–Crippen MR) is 96.8 cm³/mol. The third-order valence-electron chi connectivity index (χ3n) is 5.66. The summed E-state index contributed by atoms with van der Waals surface area (Å²) in [4.78, 5) is 0. The summed E-state index contributed by atoms with van der Waals surface area (Å²) >= 11 is 12.9. The summed E-state index contributed by atoms with van der Waals surface area (Å²) in [6.07, 6.45) is 16.8. The Hall–Kier alpha value is 0.540. The summed E-state index contributed by atoms with van der Waals surface area (Å²) in [5, 5.41) is 0. The number of unbranched alkanes of at least 4 members (excludes halogenated alkanes) is 5. The van der Waals surface area contributed by atoms with Gasteiger partial charge in [-0.05, 0) is 57.3 Å². The number of halogens is 2. The molecule has 4 unspecified atom stereocenters. The molecular weight excluding hydrogens is 315 g/mol. The monoisotopic (exact) mass is 348 g/mol. The Morgan fingerprint density at radius 3 is 2.41 bits per heavy atom. The van der Waals surface area contributed by atoms with Gasteiger partial charge in [0.2, 0.25) is 0 Å². The molecule has 22 heavy (non-hydrogen) atoms. The number of alkyl halides is 2. The molecule has 0 bridgehead atoms. The second kappa shape index (κ2) is 9.14. The zero-order chi connectivity index (χ0) is 16.0. The Morgan fingerprint density at radius 1 is 1.00 bits per heavy atom. The van der Waals surface area contributed by atoms with E-state index in [4.69, 9.17) is 27.9 Å². The Labute approximate surface area is 147 Å². The largest absolute Gasteiger partial charge is 0.370 e. The van der Waals surface area contributed by atoms with Crippen LogP contribution in [-0.4, -0.2) is 16.5 Å². The molecule has 0 N–H and O–H groups in total. The van der Waals surface area contributed by atoms with Crippen molar-refractivity contribution in [3.8, 4) is 0 Å². The quantitative estimate of drug-likeness (QED) is 0.225. The van der Waals surface area contributed by atoms with Crippen LogP contribution in [0.25, 0.3) is 0 Å². The fourth-order valence-corrected chi connectivity index (χ4v) is 4.44. The van der Waals surface area contributed by atoms with Crippen LogP contribution in [0.15, 0.2) is 0 Å². The molecule has 1 aliphatic carbocycles. The van der Waals surface area contributed by atoms with E-state index in [1.54, 1.807) is 0 Å². The molecule has 0 aromatic heterocycles. The van der Waals surface area contributed by atoms with Gasteiger partial charge in [0.15, 0.2) is 0 Å². The minimum absolute atomic E-state index is 0.444. The topological polar surface area (TPSA) is 12.5 Å². The third-order valence-corrected chi connectivity index (χ3v) is 6.28. The van der Waals surface area contributed by atoms with E-state index in [0.717, 1.165) is 5.92 Å². The van der Waals surface area contributed by atoms with E-state index >= 15 is 0 Å². The van der Waals surface area contributed by atoms with Crippen LogP contribution in [-0.2, 0) is 4.74 Å². The average molecular weight is 349 g/mol. The second-order valence-electron chi connectivity index (χ2n) is 7.68. The van der Waals surface area contributed by atoms with Crippen molar-refractivity contribution in [2.24, 2.45) is 11.8 Å². The van der Waals surface area contributed by atoms with Crippen LogP contribution in [0.1, 0.15) is 90.9 Å². The normalized spacial score (nSPS) is 29.2. The Balaban J connectivity index is 1.63. The molecule has 0 spiro atoms. The van der Waals surface area contributed by atoms with E-state index in [1.807, 2.05) is 6.92 Å². The number of fused-ring (bicyclic) bond motifs is 1. The van der Waals surface area contributed by atoms with Crippen molar-refractivity contribution in [3.63, 3.8) is 0 Å². The van der Waals surface area contributed by atoms with Crippen molar-refractivity contribution in [1.82, 2.24) is 0 Å². The highest BCUT2D eigenvalue weighted by molar-refractivity contribution is 6.48. The van der Waals surface area contributed by atoms with E-state index in [9.17, 15) is 0 Å². The summed E-state index contributed by atoms with van der Waals surface area (Å²) in [6, 6.07) is 0. The number of rotatable bonds is 11. The molecule has 2 aliphatic rings. The SMILES string of the molecule is CCCCCCCCC(CCC1CCC2OC2C1)C(C)(Cl)Cl. The Bertz CT molecular complexity index is 313. The van der Waals surface area contributed by atoms with Crippen molar-refractivity contribution in [2.45, 2.75) is 107 Å². The molecule has 0 aromatic carbocycles. The molecular formula is C19H34Cl2O. The number of hydrogen-bond donors (Lipinski definition) is 0. The molecule has 1 aliphatic heterocycles. The van der Waals surface area contributed by atoms with Gasteiger partial charge in [-0.2, -0.15) is 0 Å². The smallest absolute Gasteiger partial charge is 0.118 e. The van der Waals surface area contributed by atoms with Crippen LogP contribution >= 0.6 is 23.2 Å². The molecule has 0 aromatic rings. The van der Waals surface area contributed by atoms with Gasteiger partial charge in [0.1, 0.15) is 4.33 Å². The number of ether oxygens (including phenoxy) is 1. The second-order valence-corrected chi connectivity index (χ2v) is 9.44. The molecule has 2 fully saturated rings. The fourth-order valence-electron chi connectivity index (χ4n) is 4.01. The molecule has 0 amide bonds. The van der Waals surface area contributed by atoms with E-state index in [0.29, 0.717) is 18.1 Å². The summed E-state index contributed by atoms with van der Waals surface area (Å²) in [6.45, 7) is 4.25. The van der Waals surface area contributed by atoms with Gasteiger partial charge >= 0.3 is 0 Å². The van der Waals surface area contributed by atoms with Crippen molar-refractivity contribution in [2.75, 3.05) is 0 Å². The lowest BCUT2D eigenvalue weighted by atomic mass is 9.82. The highest BCUT2D eigenvalue weighted by Crippen LogP contribution is 2.43. The molecule has 1 saturated carbocycles. The van der Waals surface area contributed by atoms with Crippen molar-refractivity contribution >= 4 is 23.2 Å². The molecule has 1 saturated heterocycles. The standard InChI is InChI=1S/C19H34Cl2O/c1-3-4-5-6-7-8-9-16(19(2,20)21)12-10-15-11-13-17-18(14-15)22-17/h15-18H,3-14H2,1-2H3. The van der Waals surface area contributed by atoms with E-state index in [-0.39, 0.29) is 0 Å². The van der Waals surface area contributed by atoms with Gasteiger partial charge in [0.25, 0.3) is 0 Å². The lowest BCUT2D eigenvalue weighted by molar-refractivity contribution is 0.302. The van der Waals surface area contributed by atoms with E-state index < -0.39 is 4.33 Å². The first kappa shape index (κ1) is 18.9. The van der Waals surface area contributed by atoms with Crippen LogP contribution in [0.4, 0.5) is 0 Å². The van der Waals surface area contributed by atoms with Gasteiger partial charge in [0.05, 0.1) is 12.2 Å². The van der Waals surface area contributed by atoms with Gasteiger partial charge in [-0.15, -0.1) is 23.2 Å². The molecule has 3 heteroatoms. The first-order valence-electron chi connectivity index (χ1n) is 9.54. The highest BCUT2D eigenvalue weighted by Gasteiger charge is 2.43. The Kier molecular flexibility index (Phi) is 7.84. The van der Waals surface area contributed by atoms with Gasteiger partial charge in [0, 0.05) is 0 Å². The van der Waals surface area contributed by atoms with Gasteiger partial charge in [-0.3, -0.25) is 0 Å². The number of hydrogen-bond acceptors (Lipinski definition) is 1. The minimum atomic E-state index is -0.573. The first-order valence-corrected chi connectivity index (χ1v) is 10.3. The lowest BCUT2D eigenvalue weighted by Crippen LogP contribution is -2.24. The van der Waals surface area contributed by atoms with Crippen LogP contribution in [0.5, 0.6) is 0 Å². The first-order chi connectivity index (χ1) is 10.5. The van der Waals surface area contributed by atoms with Gasteiger partial charge < -0.3 is 4.74 Å². The van der Waals surface area contributed by atoms with E-state index in [2.05, 4.69) is 6.92 Å². The summed E-state index contributed by atoms with van der Waals surface area (Å²) in [5.41, 5.74) is 0. The maximum absolute atomic E-state index is 6.46. The number of epoxide rings is 1. The minimum Gasteiger partial charge on any atom is -0.370 e. The Morgan fingerprint density at radius 2 is 1.73 bits per heavy atom. The average Bonchev–Trinajstić information content (AvgIpc) is 3.22. The van der Waals surface area contributed by atoms with Crippen LogP contribution in [0.3, 0.4) is 0 Å². The zero-order valence-corrected chi connectivity index (χ0v) is 16.0. The van der Waals surface area contributed by atoms with Crippen molar-refractivity contribution in [1.29, 1.82) is 0 Å². The fraction of sp³-hybridized carbons (Fsp3) is 1.00. The molecule has 1 heterocycles. The van der Waals surface area contributed by atoms with Gasteiger partial charge in [-0.1, -0.05) is 45.4 Å². The maximum atomic E-state index is 6.46. The highest BCUT2D eigenvalue weighted by atomic mass is 35.5. The van der Waals surface area contributed by atoms with E-state index in [1.165, 1.54) is 77.0 Å². The molecule has 2 rings (SSSR count). The molecule has 1 nitrogen and oxygen atoms in total. The summed E-state index contributed by atoms with van der Waals surface area (Å²) in [5.74, 6) is 1.28. The third kappa shape index (κ3) is 6.57. The van der Waals surface area contributed by atoms with Crippen molar-refractivity contribution in [3.05, 3.63) is 0 Å². The lowest BCUT2D eigenvalue weighted by Gasteiger charge is -2.29. The van der Waals surface area contributed by atoms with Gasteiger partial charge in [-0.25, -0.2) is 0 Å². The molecule has 0 radical (unpaired) electrons. The van der Waals surface area contributed by atoms with Crippen LogP contribution in [0, 0.1) is 11.8 Å². The molecule has 130 valence electrons. The van der Waals surface area contributed by atoms with Crippen LogP contribution < -0.4 is 0 Å².